The van der Waals surface area contributed by atoms with Crippen molar-refractivity contribution >= 4 is 17.1 Å². The third-order valence-electron chi connectivity index (χ3n) is 5.08. The topological polar surface area (TPSA) is 118 Å². The summed E-state index contributed by atoms with van der Waals surface area (Å²) < 4.78 is 0. The number of nitrogen functional groups attached to an aromatic ring is 1. The minimum Gasteiger partial charge on any atom is -0.397 e. The van der Waals surface area contributed by atoms with E-state index in [4.69, 9.17) is 16.9 Å². The minimum atomic E-state index is 0.271. The fourth-order valence-corrected chi connectivity index (χ4v) is 3.41. The molecule has 1 saturated heterocycles. The molecule has 4 rings (SSSR count). The van der Waals surface area contributed by atoms with Gasteiger partial charge in [0, 0.05) is 54.4 Å². The second-order valence-electron chi connectivity index (χ2n) is 7.03. The summed E-state index contributed by atoms with van der Waals surface area (Å²) in [5, 5.41) is 8.71. The number of aromatic nitrogens is 3. The standard InChI is InChI=1S/C21H23N7/c22-16-3-6-28(7-4-16)17-8-15(11-26-12-17)21(24)18-9-20(27-13-19(18)23)14-2-1-5-25-10-14/h1-2,5,8-13,16,24H,3-4,6-7,22-23H2. The first-order chi connectivity index (χ1) is 13.6. The van der Waals surface area contributed by atoms with Gasteiger partial charge in [0.2, 0.25) is 0 Å². The van der Waals surface area contributed by atoms with E-state index in [0.29, 0.717) is 17.0 Å². The third-order valence-corrected chi connectivity index (χ3v) is 5.08. The molecule has 0 radical (unpaired) electrons. The first-order valence-corrected chi connectivity index (χ1v) is 9.32. The van der Waals surface area contributed by atoms with Crippen LogP contribution in [0.25, 0.3) is 11.3 Å². The number of pyridine rings is 3. The largest absolute Gasteiger partial charge is 0.397 e. The summed E-state index contributed by atoms with van der Waals surface area (Å²) in [6.07, 6.45) is 10.5. The van der Waals surface area contributed by atoms with Gasteiger partial charge in [-0.25, -0.2) is 0 Å². The van der Waals surface area contributed by atoms with Gasteiger partial charge >= 0.3 is 0 Å². The van der Waals surface area contributed by atoms with Gasteiger partial charge in [0.15, 0.2) is 0 Å². The number of hydrogen-bond donors (Lipinski definition) is 3. The quantitative estimate of drug-likeness (QED) is 0.605. The van der Waals surface area contributed by atoms with Crippen LogP contribution in [0.15, 0.2) is 55.2 Å². The molecule has 7 nitrogen and oxygen atoms in total. The van der Waals surface area contributed by atoms with E-state index in [1.165, 1.54) is 0 Å². The predicted octanol–water partition coefficient (Wildman–Crippen LogP) is 2.46. The zero-order valence-corrected chi connectivity index (χ0v) is 15.5. The highest BCUT2D eigenvalue weighted by atomic mass is 15.1. The number of nitrogens with two attached hydrogens (primary N) is 2. The van der Waals surface area contributed by atoms with Gasteiger partial charge in [-0.2, -0.15) is 0 Å². The highest BCUT2D eigenvalue weighted by Crippen LogP contribution is 2.25. The van der Waals surface area contributed by atoms with E-state index in [1.807, 2.05) is 30.5 Å². The molecule has 1 aliphatic heterocycles. The molecule has 5 N–H and O–H groups in total. The van der Waals surface area contributed by atoms with Gasteiger partial charge in [0.1, 0.15) is 0 Å². The first kappa shape index (κ1) is 18.1. The number of hydrogen-bond acceptors (Lipinski definition) is 7. The van der Waals surface area contributed by atoms with Crippen molar-refractivity contribution < 1.29 is 0 Å². The van der Waals surface area contributed by atoms with E-state index in [2.05, 4.69) is 19.9 Å². The average Bonchev–Trinajstić information content (AvgIpc) is 2.75. The van der Waals surface area contributed by atoms with Crippen LogP contribution in [-0.4, -0.2) is 39.8 Å². The predicted molar refractivity (Wildman–Crippen MR) is 111 cm³/mol. The molecular weight excluding hydrogens is 350 g/mol. The molecule has 0 unspecified atom stereocenters. The van der Waals surface area contributed by atoms with Gasteiger partial charge in [-0.3, -0.25) is 20.4 Å². The van der Waals surface area contributed by atoms with E-state index in [-0.39, 0.29) is 6.04 Å². The zero-order valence-electron chi connectivity index (χ0n) is 15.5. The van der Waals surface area contributed by atoms with E-state index in [0.717, 1.165) is 48.4 Å². The van der Waals surface area contributed by atoms with Crippen LogP contribution >= 0.6 is 0 Å². The Labute approximate surface area is 164 Å². The van der Waals surface area contributed by atoms with Crippen molar-refractivity contribution in [2.24, 2.45) is 5.73 Å². The minimum absolute atomic E-state index is 0.271. The molecule has 0 atom stereocenters. The van der Waals surface area contributed by atoms with E-state index >= 15 is 0 Å². The second kappa shape index (κ2) is 7.74. The zero-order chi connectivity index (χ0) is 19.5. The van der Waals surface area contributed by atoms with Gasteiger partial charge in [-0.1, -0.05) is 0 Å². The summed E-state index contributed by atoms with van der Waals surface area (Å²) in [5.74, 6) is 0. The Morgan fingerprint density at radius 2 is 1.89 bits per heavy atom. The SMILES string of the molecule is N=C(c1cncc(N2CCC(N)CC2)c1)c1cc(-c2cccnc2)ncc1N. The molecular formula is C21H23N7. The molecule has 1 aliphatic rings. The Morgan fingerprint density at radius 3 is 2.64 bits per heavy atom. The lowest BCUT2D eigenvalue weighted by Crippen LogP contribution is -2.39. The number of nitrogens with one attached hydrogen (secondary N) is 1. The van der Waals surface area contributed by atoms with Crippen molar-refractivity contribution in [3.05, 3.63) is 66.4 Å². The van der Waals surface area contributed by atoms with Crippen molar-refractivity contribution in [3.8, 4) is 11.3 Å². The fraction of sp³-hybridized carbons (Fsp3) is 0.238. The van der Waals surface area contributed by atoms with Crippen LogP contribution < -0.4 is 16.4 Å². The molecule has 0 aliphatic carbocycles. The highest BCUT2D eigenvalue weighted by Gasteiger charge is 2.18. The summed E-state index contributed by atoms with van der Waals surface area (Å²) in [7, 11) is 0. The van der Waals surface area contributed by atoms with E-state index in [1.54, 1.807) is 24.8 Å². The van der Waals surface area contributed by atoms with Crippen LogP contribution in [0.1, 0.15) is 24.0 Å². The van der Waals surface area contributed by atoms with Crippen LogP contribution in [0.4, 0.5) is 11.4 Å². The molecule has 3 aromatic rings. The Hall–Kier alpha value is -3.32. The van der Waals surface area contributed by atoms with Crippen molar-refractivity contribution in [2.45, 2.75) is 18.9 Å². The smallest absolute Gasteiger partial charge is 0.0725 e. The summed E-state index contributed by atoms with van der Waals surface area (Å²) >= 11 is 0. The van der Waals surface area contributed by atoms with Crippen LogP contribution in [0.5, 0.6) is 0 Å². The van der Waals surface area contributed by atoms with Crippen molar-refractivity contribution in [2.75, 3.05) is 23.7 Å². The fourth-order valence-electron chi connectivity index (χ4n) is 3.41. The molecule has 4 heterocycles. The molecule has 7 heteroatoms. The maximum absolute atomic E-state index is 8.71. The van der Waals surface area contributed by atoms with Gasteiger partial charge in [-0.05, 0) is 37.1 Å². The van der Waals surface area contributed by atoms with E-state index in [9.17, 15) is 0 Å². The maximum atomic E-state index is 8.71. The van der Waals surface area contributed by atoms with Crippen molar-refractivity contribution in [1.29, 1.82) is 5.41 Å². The van der Waals surface area contributed by atoms with Gasteiger partial charge in [-0.15, -0.1) is 0 Å². The third kappa shape index (κ3) is 3.70. The molecule has 142 valence electrons. The Morgan fingerprint density at radius 1 is 1.07 bits per heavy atom. The average molecular weight is 373 g/mol. The Kier molecular flexibility index (Phi) is 4.99. The molecule has 3 aromatic heterocycles. The molecule has 28 heavy (non-hydrogen) atoms. The number of nitrogens with zero attached hydrogens (tertiary/aromatic N) is 4. The lowest BCUT2D eigenvalue weighted by Gasteiger charge is -2.31. The molecule has 0 amide bonds. The number of rotatable bonds is 4. The summed E-state index contributed by atoms with van der Waals surface area (Å²) in [4.78, 5) is 15.1. The molecule has 0 saturated carbocycles. The molecule has 0 spiro atoms. The van der Waals surface area contributed by atoms with E-state index < -0.39 is 0 Å². The summed E-state index contributed by atoms with van der Waals surface area (Å²) in [6, 6.07) is 7.89. The van der Waals surface area contributed by atoms with Crippen LogP contribution in [0.3, 0.4) is 0 Å². The number of piperidine rings is 1. The maximum Gasteiger partial charge on any atom is 0.0725 e. The summed E-state index contributed by atoms with van der Waals surface area (Å²) in [5.41, 5.74) is 16.9. The monoisotopic (exact) mass is 373 g/mol. The molecule has 1 fully saturated rings. The summed E-state index contributed by atoms with van der Waals surface area (Å²) in [6.45, 7) is 1.81. The highest BCUT2D eigenvalue weighted by molar-refractivity contribution is 6.14. The van der Waals surface area contributed by atoms with Crippen LogP contribution in [-0.2, 0) is 0 Å². The van der Waals surface area contributed by atoms with Gasteiger partial charge in [0.25, 0.3) is 0 Å². The van der Waals surface area contributed by atoms with Crippen LogP contribution in [0, 0.1) is 5.41 Å². The van der Waals surface area contributed by atoms with Crippen molar-refractivity contribution in [3.63, 3.8) is 0 Å². The number of anilines is 2. The normalized spacial score (nSPS) is 14.8. The Balaban J connectivity index is 1.64. The molecule has 0 bridgehead atoms. The first-order valence-electron chi connectivity index (χ1n) is 9.32. The second-order valence-corrected chi connectivity index (χ2v) is 7.03. The lowest BCUT2D eigenvalue weighted by atomic mass is 10.0. The molecule has 0 aromatic carbocycles. The van der Waals surface area contributed by atoms with Gasteiger partial charge < -0.3 is 16.4 Å². The van der Waals surface area contributed by atoms with Gasteiger partial charge in [0.05, 0.1) is 35.2 Å². The lowest BCUT2D eigenvalue weighted by molar-refractivity contribution is 0.501. The van der Waals surface area contributed by atoms with Crippen LogP contribution in [0.2, 0.25) is 0 Å². The Bertz CT molecular complexity index is 979. The van der Waals surface area contributed by atoms with Crippen molar-refractivity contribution in [1.82, 2.24) is 15.0 Å².